The van der Waals surface area contributed by atoms with Crippen LogP contribution in [0.2, 0.25) is 0 Å². The second kappa shape index (κ2) is 7.49. The zero-order valence-corrected chi connectivity index (χ0v) is 14.9. The van der Waals surface area contributed by atoms with E-state index in [0.29, 0.717) is 18.2 Å². The molecule has 0 unspecified atom stereocenters. The number of hydrogen-bond acceptors (Lipinski definition) is 5. The predicted molar refractivity (Wildman–Crippen MR) is 94.2 cm³/mol. The third-order valence-corrected chi connectivity index (χ3v) is 5.09. The number of carbonyl (C=O) groups excluding carboxylic acids is 1. The first-order valence-electron chi connectivity index (χ1n) is 8.75. The van der Waals surface area contributed by atoms with Crippen molar-refractivity contribution in [2.45, 2.75) is 31.4 Å². The molecule has 132 valence electrons. The number of pyridine rings is 1. The number of carbonyl (C=O) groups is 1. The van der Waals surface area contributed by atoms with Crippen LogP contribution in [0.1, 0.15) is 29.6 Å². The Bertz CT molecular complexity index is 559. The summed E-state index contributed by atoms with van der Waals surface area (Å²) in [7, 11) is 5.69. The zero-order valence-electron chi connectivity index (χ0n) is 14.9. The van der Waals surface area contributed by atoms with Crippen molar-refractivity contribution in [3.05, 3.63) is 23.9 Å². The second-order valence-corrected chi connectivity index (χ2v) is 7.13. The summed E-state index contributed by atoms with van der Waals surface area (Å²) in [4.78, 5) is 21.0. The Balaban J connectivity index is 1.52. The van der Waals surface area contributed by atoms with Crippen LogP contribution >= 0.6 is 0 Å². The van der Waals surface area contributed by atoms with E-state index in [9.17, 15) is 4.79 Å². The van der Waals surface area contributed by atoms with Crippen LogP contribution in [-0.2, 0) is 4.74 Å². The molecule has 1 saturated carbocycles. The Morgan fingerprint density at radius 3 is 2.83 bits per heavy atom. The summed E-state index contributed by atoms with van der Waals surface area (Å²) in [6.45, 7) is 2.61. The molecule has 1 N–H and O–H groups in total. The molecule has 2 atom stereocenters. The van der Waals surface area contributed by atoms with Gasteiger partial charge in [0, 0.05) is 46.0 Å². The SMILES string of the molecule is CO[C@H]1C[C@@H](CN(C)C(=O)c2ccc(NCC3CC3)nc2)N(C)C1. The minimum Gasteiger partial charge on any atom is -0.380 e. The van der Waals surface area contributed by atoms with Gasteiger partial charge in [0.1, 0.15) is 5.82 Å². The van der Waals surface area contributed by atoms with Crippen molar-refractivity contribution in [1.29, 1.82) is 0 Å². The van der Waals surface area contributed by atoms with E-state index < -0.39 is 0 Å². The van der Waals surface area contributed by atoms with E-state index >= 15 is 0 Å². The quantitative estimate of drug-likeness (QED) is 0.823. The lowest BCUT2D eigenvalue weighted by atomic mass is 10.1. The summed E-state index contributed by atoms with van der Waals surface area (Å²) >= 11 is 0. The molecule has 0 aromatic carbocycles. The van der Waals surface area contributed by atoms with Gasteiger partial charge in [-0.1, -0.05) is 0 Å². The van der Waals surface area contributed by atoms with Crippen molar-refractivity contribution in [3.63, 3.8) is 0 Å². The number of amides is 1. The van der Waals surface area contributed by atoms with Crippen molar-refractivity contribution in [3.8, 4) is 0 Å². The van der Waals surface area contributed by atoms with Gasteiger partial charge >= 0.3 is 0 Å². The highest BCUT2D eigenvalue weighted by atomic mass is 16.5. The normalized spacial score (nSPS) is 24.1. The van der Waals surface area contributed by atoms with Crippen molar-refractivity contribution in [2.24, 2.45) is 5.92 Å². The van der Waals surface area contributed by atoms with Gasteiger partial charge in [-0.25, -0.2) is 4.98 Å². The van der Waals surface area contributed by atoms with Gasteiger partial charge in [0.25, 0.3) is 5.91 Å². The standard InChI is InChI=1S/C18H28N4O2/c1-21-12-16(24-3)8-15(21)11-22(2)18(23)14-6-7-17(20-10-14)19-9-13-4-5-13/h6-7,10,13,15-16H,4-5,8-9,11-12H2,1-3H3,(H,19,20)/t15-,16-/m0/s1. The van der Waals surface area contributed by atoms with Crippen LogP contribution in [-0.4, -0.2) is 73.7 Å². The third kappa shape index (κ3) is 4.24. The third-order valence-electron chi connectivity index (χ3n) is 5.09. The molecule has 6 nitrogen and oxygen atoms in total. The summed E-state index contributed by atoms with van der Waals surface area (Å²) in [6, 6.07) is 4.10. The lowest BCUT2D eigenvalue weighted by Gasteiger charge is -2.25. The number of methoxy groups -OCH3 is 1. The molecule has 1 aromatic rings. The molecule has 0 radical (unpaired) electrons. The van der Waals surface area contributed by atoms with Crippen molar-refractivity contribution in [1.82, 2.24) is 14.8 Å². The number of likely N-dealkylation sites (N-methyl/N-ethyl adjacent to an activating group) is 2. The lowest BCUT2D eigenvalue weighted by Crippen LogP contribution is -2.39. The minimum absolute atomic E-state index is 0.0190. The molecule has 1 aromatic heterocycles. The maximum atomic E-state index is 12.6. The molecule has 1 aliphatic heterocycles. The molecule has 2 fully saturated rings. The second-order valence-electron chi connectivity index (χ2n) is 7.13. The van der Waals surface area contributed by atoms with Crippen LogP contribution in [0, 0.1) is 5.92 Å². The van der Waals surface area contributed by atoms with Gasteiger partial charge in [-0.2, -0.15) is 0 Å². The van der Waals surface area contributed by atoms with E-state index in [4.69, 9.17) is 4.74 Å². The monoisotopic (exact) mass is 332 g/mol. The van der Waals surface area contributed by atoms with Crippen LogP contribution < -0.4 is 5.32 Å². The first kappa shape index (κ1) is 17.2. The lowest BCUT2D eigenvalue weighted by molar-refractivity contribution is 0.0760. The van der Waals surface area contributed by atoms with E-state index in [1.807, 2.05) is 19.2 Å². The topological polar surface area (TPSA) is 57.7 Å². The highest BCUT2D eigenvalue weighted by Crippen LogP contribution is 2.28. The fraction of sp³-hybridized carbons (Fsp3) is 0.667. The number of ether oxygens (including phenoxy) is 1. The number of nitrogens with zero attached hydrogens (tertiary/aromatic N) is 3. The molecular formula is C18H28N4O2. The van der Waals surface area contributed by atoms with Crippen LogP contribution in [0.25, 0.3) is 0 Å². The summed E-state index contributed by atoms with van der Waals surface area (Å²) in [6.07, 6.45) is 5.53. The largest absolute Gasteiger partial charge is 0.380 e. The maximum absolute atomic E-state index is 12.6. The summed E-state index contributed by atoms with van der Waals surface area (Å²) in [5.41, 5.74) is 0.637. The molecule has 1 amide bonds. The van der Waals surface area contributed by atoms with Gasteiger partial charge in [0.15, 0.2) is 0 Å². The Kier molecular flexibility index (Phi) is 5.36. The first-order chi connectivity index (χ1) is 11.6. The van der Waals surface area contributed by atoms with Crippen LogP contribution in [0.4, 0.5) is 5.82 Å². The minimum atomic E-state index is 0.0190. The van der Waals surface area contributed by atoms with Gasteiger partial charge in [0.05, 0.1) is 11.7 Å². The summed E-state index contributed by atoms with van der Waals surface area (Å²) < 4.78 is 5.43. The highest BCUT2D eigenvalue weighted by molar-refractivity contribution is 5.93. The van der Waals surface area contributed by atoms with E-state index in [2.05, 4.69) is 22.2 Å². The van der Waals surface area contributed by atoms with E-state index in [0.717, 1.165) is 31.2 Å². The summed E-state index contributed by atoms with van der Waals surface area (Å²) in [5, 5.41) is 3.32. The molecule has 2 heterocycles. The first-order valence-corrected chi connectivity index (χ1v) is 8.75. The molecule has 0 bridgehead atoms. The highest BCUT2D eigenvalue weighted by Gasteiger charge is 2.31. The molecule has 1 aliphatic carbocycles. The van der Waals surface area contributed by atoms with E-state index in [1.165, 1.54) is 12.8 Å². The average Bonchev–Trinajstić information content (AvgIpc) is 3.36. The molecule has 0 spiro atoms. The zero-order chi connectivity index (χ0) is 17.1. The van der Waals surface area contributed by atoms with Gasteiger partial charge in [-0.05, 0) is 44.4 Å². The van der Waals surface area contributed by atoms with Gasteiger partial charge in [0.2, 0.25) is 0 Å². The number of aromatic nitrogens is 1. The van der Waals surface area contributed by atoms with Gasteiger partial charge in [-0.15, -0.1) is 0 Å². The maximum Gasteiger partial charge on any atom is 0.255 e. The van der Waals surface area contributed by atoms with Gasteiger partial charge < -0.3 is 15.0 Å². The summed E-state index contributed by atoms with van der Waals surface area (Å²) in [5.74, 6) is 1.67. The molecule has 2 aliphatic rings. The van der Waals surface area contributed by atoms with Crippen molar-refractivity contribution < 1.29 is 9.53 Å². The van der Waals surface area contributed by atoms with Crippen LogP contribution in [0.15, 0.2) is 18.3 Å². The van der Waals surface area contributed by atoms with Crippen LogP contribution in [0.5, 0.6) is 0 Å². The molecule has 1 saturated heterocycles. The number of likely N-dealkylation sites (tertiary alicyclic amines) is 1. The smallest absolute Gasteiger partial charge is 0.255 e. The van der Waals surface area contributed by atoms with E-state index in [-0.39, 0.29) is 12.0 Å². The Morgan fingerprint density at radius 2 is 2.25 bits per heavy atom. The van der Waals surface area contributed by atoms with Gasteiger partial charge in [-0.3, -0.25) is 9.69 Å². The Labute approximate surface area is 144 Å². The fourth-order valence-electron chi connectivity index (χ4n) is 3.23. The van der Waals surface area contributed by atoms with E-state index in [1.54, 1.807) is 18.2 Å². The average molecular weight is 332 g/mol. The number of anilines is 1. The van der Waals surface area contributed by atoms with Crippen molar-refractivity contribution >= 4 is 11.7 Å². The Hall–Kier alpha value is -1.66. The Morgan fingerprint density at radius 1 is 1.46 bits per heavy atom. The number of hydrogen-bond donors (Lipinski definition) is 1. The fourth-order valence-corrected chi connectivity index (χ4v) is 3.23. The predicted octanol–water partition coefficient (Wildman–Crippen LogP) is 1.69. The van der Waals surface area contributed by atoms with Crippen LogP contribution in [0.3, 0.4) is 0 Å². The molecule has 6 heteroatoms. The molecule has 24 heavy (non-hydrogen) atoms. The number of nitrogens with one attached hydrogen (secondary N) is 1. The van der Waals surface area contributed by atoms with Crippen molar-refractivity contribution in [2.75, 3.05) is 46.2 Å². The molecule has 3 rings (SSSR count). The molecular weight excluding hydrogens is 304 g/mol. The number of rotatable bonds is 7.